The molecule has 3 N–H and O–H groups in total. The highest BCUT2D eigenvalue weighted by molar-refractivity contribution is 5.79. The van der Waals surface area contributed by atoms with E-state index in [1.54, 1.807) is 0 Å². The molecule has 3 saturated heterocycles. The van der Waals surface area contributed by atoms with Crippen LogP contribution in [0.3, 0.4) is 0 Å². The first-order valence-corrected chi connectivity index (χ1v) is 6.30. The summed E-state index contributed by atoms with van der Waals surface area (Å²) in [5.74, 6) is 0.288. The lowest BCUT2D eigenvalue weighted by molar-refractivity contribution is -0.131. The number of carbonyl (C=O) groups excluding carboxylic acids is 1. The number of hydrogen-bond donors (Lipinski definition) is 3. The van der Waals surface area contributed by atoms with Crippen molar-refractivity contribution < 1.29 is 4.79 Å². The van der Waals surface area contributed by atoms with Crippen molar-refractivity contribution in [1.82, 2.24) is 21.1 Å². The summed E-state index contributed by atoms with van der Waals surface area (Å²) in [5.41, 5.74) is 3.56. The highest BCUT2D eigenvalue weighted by Crippen LogP contribution is 2.30. The van der Waals surface area contributed by atoms with Crippen LogP contribution in [0, 0.1) is 0 Å². The summed E-state index contributed by atoms with van der Waals surface area (Å²) in [4.78, 5) is 12.0. The molecule has 90 valence electrons. The Morgan fingerprint density at radius 2 is 2.00 bits per heavy atom. The van der Waals surface area contributed by atoms with Crippen molar-refractivity contribution in [2.75, 3.05) is 26.2 Å². The first-order valence-electron chi connectivity index (χ1n) is 6.30. The van der Waals surface area contributed by atoms with Gasteiger partial charge in [-0.15, -0.1) is 0 Å². The van der Waals surface area contributed by atoms with Gasteiger partial charge in [0.25, 0.3) is 0 Å². The predicted molar refractivity (Wildman–Crippen MR) is 60.7 cm³/mol. The van der Waals surface area contributed by atoms with E-state index in [0.29, 0.717) is 12.5 Å². The summed E-state index contributed by atoms with van der Waals surface area (Å²) in [6.45, 7) is 4.02. The molecule has 0 aliphatic carbocycles. The molecule has 0 aromatic carbocycles. The summed E-state index contributed by atoms with van der Waals surface area (Å²) >= 11 is 0. The van der Waals surface area contributed by atoms with Gasteiger partial charge in [-0.05, 0) is 38.9 Å². The van der Waals surface area contributed by atoms with E-state index < -0.39 is 0 Å². The van der Waals surface area contributed by atoms with Crippen LogP contribution in [0.4, 0.5) is 0 Å². The SMILES string of the molecule is O=C1CC2(CCNCC2)NN1C1CCNC1. The van der Waals surface area contributed by atoms with E-state index in [1.807, 2.05) is 5.01 Å². The fraction of sp³-hybridized carbons (Fsp3) is 0.909. The monoisotopic (exact) mass is 224 g/mol. The van der Waals surface area contributed by atoms with Crippen LogP contribution in [-0.4, -0.2) is 48.7 Å². The average molecular weight is 224 g/mol. The fourth-order valence-corrected chi connectivity index (χ4v) is 3.08. The minimum absolute atomic E-state index is 0.0604. The topological polar surface area (TPSA) is 56.4 Å². The van der Waals surface area contributed by atoms with Gasteiger partial charge in [0.05, 0.1) is 6.04 Å². The molecule has 3 rings (SSSR count). The molecule has 1 amide bonds. The number of rotatable bonds is 1. The molecule has 16 heavy (non-hydrogen) atoms. The van der Waals surface area contributed by atoms with E-state index in [2.05, 4.69) is 16.1 Å². The van der Waals surface area contributed by atoms with Crippen LogP contribution in [0.25, 0.3) is 0 Å². The third kappa shape index (κ3) is 1.73. The maximum Gasteiger partial charge on any atom is 0.238 e. The number of piperidine rings is 1. The second-order valence-corrected chi connectivity index (χ2v) is 5.23. The Morgan fingerprint density at radius 3 is 2.69 bits per heavy atom. The van der Waals surface area contributed by atoms with Crippen molar-refractivity contribution >= 4 is 5.91 Å². The van der Waals surface area contributed by atoms with Gasteiger partial charge in [-0.3, -0.25) is 9.80 Å². The van der Waals surface area contributed by atoms with Crippen LogP contribution in [-0.2, 0) is 4.79 Å². The zero-order valence-corrected chi connectivity index (χ0v) is 9.59. The number of amides is 1. The molecule has 3 heterocycles. The van der Waals surface area contributed by atoms with Gasteiger partial charge in [0.1, 0.15) is 0 Å². The van der Waals surface area contributed by atoms with Gasteiger partial charge in [-0.1, -0.05) is 0 Å². The summed E-state index contributed by atoms with van der Waals surface area (Å²) in [6.07, 6.45) is 3.89. The Balaban J connectivity index is 1.70. The van der Waals surface area contributed by atoms with Crippen molar-refractivity contribution in [1.29, 1.82) is 0 Å². The molecule has 1 spiro atoms. The number of nitrogens with one attached hydrogen (secondary N) is 3. The van der Waals surface area contributed by atoms with Gasteiger partial charge >= 0.3 is 0 Å². The second-order valence-electron chi connectivity index (χ2n) is 5.23. The summed E-state index contributed by atoms with van der Waals surface area (Å²) in [6, 6.07) is 0.363. The van der Waals surface area contributed by atoms with E-state index in [1.165, 1.54) is 0 Å². The maximum atomic E-state index is 12.0. The molecule has 3 aliphatic heterocycles. The number of carbonyl (C=O) groups is 1. The van der Waals surface area contributed by atoms with Crippen molar-refractivity contribution in [3.8, 4) is 0 Å². The Kier molecular flexibility index (Phi) is 2.61. The van der Waals surface area contributed by atoms with Crippen molar-refractivity contribution in [3.05, 3.63) is 0 Å². The molecule has 0 radical (unpaired) electrons. The van der Waals surface area contributed by atoms with Crippen molar-refractivity contribution in [2.45, 2.75) is 37.3 Å². The van der Waals surface area contributed by atoms with E-state index in [9.17, 15) is 4.79 Å². The third-order valence-electron chi connectivity index (χ3n) is 4.08. The van der Waals surface area contributed by atoms with Crippen LogP contribution in [0.15, 0.2) is 0 Å². The van der Waals surface area contributed by atoms with Crippen LogP contribution < -0.4 is 16.1 Å². The number of nitrogens with zero attached hydrogens (tertiary/aromatic N) is 1. The van der Waals surface area contributed by atoms with Crippen LogP contribution in [0.5, 0.6) is 0 Å². The Bertz CT molecular complexity index is 282. The standard InChI is InChI=1S/C11H20N4O/c16-10-7-11(2-5-12-6-3-11)14-15(10)9-1-4-13-8-9/h9,12-14H,1-8H2. The van der Waals surface area contributed by atoms with Gasteiger partial charge in [-0.2, -0.15) is 0 Å². The lowest BCUT2D eigenvalue weighted by Gasteiger charge is -2.35. The Hall–Kier alpha value is -0.650. The molecule has 1 atom stereocenters. The summed E-state index contributed by atoms with van der Waals surface area (Å²) in [7, 11) is 0. The maximum absolute atomic E-state index is 12.0. The van der Waals surface area contributed by atoms with Crippen LogP contribution in [0.2, 0.25) is 0 Å². The molecule has 3 aliphatic rings. The molecule has 5 heteroatoms. The molecule has 1 unspecified atom stereocenters. The smallest absolute Gasteiger partial charge is 0.238 e. The van der Waals surface area contributed by atoms with Crippen LogP contribution >= 0.6 is 0 Å². The van der Waals surface area contributed by atoms with Gasteiger partial charge < -0.3 is 10.6 Å². The highest BCUT2D eigenvalue weighted by Gasteiger charge is 2.45. The van der Waals surface area contributed by atoms with E-state index in [4.69, 9.17) is 0 Å². The van der Waals surface area contributed by atoms with Crippen molar-refractivity contribution in [3.63, 3.8) is 0 Å². The normalized spacial score (nSPS) is 33.9. The van der Waals surface area contributed by atoms with E-state index >= 15 is 0 Å². The van der Waals surface area contributed by atoms with Crippen LogP contribution in [0.1, 0.15) is 25.7 Å². The fourth-order valence-electron chi connectivity index (χ4n) is 3.08. The van der Waals surface area contributed by atoms with E-state index in [-0.39, 0.29) is 11.4 Å². The lowest BCUT2D eigenvalue weighted by Crippen LogP contribution is -2.54. The highest BCUT2D eigenvalue weighted by atomic mass is 16.2. The van der Waals surface area contributed by atoms with Gasteiger partial charge in [0.2, 0.25) is 5.91 Å². The number of hydrazine groups is 1. The first kappa shape index (κ1) is 10.5. The molecule has 0 aromatic rings. The summed E-state index contributed by atoms with van der Waals surface area (Å²) in [5, 5.41) is 8.58. The molecule has 3 fully saturated rings. The predicted octanol–water partition coefficient (Wildman–Crippen LogP) is -0.793. The van der Waals surface area contributed by atoms with Gasteiger partial charge in [0.15, 0.2) is 0 Å². The second kappa shape index (κ2) is 3.98. The zero-order valence-electron chi connectivity index (χ0n) is 9.59. The van der Waals surface area contributed by atoms with Crippen molar-refractivity contribution in [2.24, 2.45) is 0 Å². The Labute approximate surface area is 95.9 Å². The molecule has 0 aromatic heterocycles. The molecule has 0 saturated carbocycles. The molecular weight excluding hydrogens is 204 g/mol. The quantitative estimate of drug-likeness (QED) is 0.546. The summed E-state index contributed by atoms with van der Waals surface area (Å²) < 4.78 is 0. The third-order valence-corrected chi connectivity index (χ3v) is 4.08. The average Bonchev–Trinajstić information content (AvgIpc) is 2.88. The molecule has 5 nitrogen and oxygen atoms in total. The molecular formula is C11H20N4O. The first-order chi connectivity index (χ1) is 7.79. The van der Waals surface area contributed by atoms with E-state index in [0.717, 1.165) is 45.4 Å². The lowest BCUT2D eigenvalue weighted by atomic mass is 9.87. The number of hydrogen-bond acceptors (Lipinski definition) is 4. The van der Waals surface area contributed by atoms with Gasteiger partial charge in [-0.25, -0.2) is 5.43 Å². The zero-order chi connectivity index (χ0) is 11.0. The minimum atomic E-state index is 0.0604. The minimum Gasteiger partial charge on any atom is -0.317 e. The Morgan fingerprint density at radius 1 is 1.19 bits per heavy atom. The largest absolute Gasteiger partial charge is 0.317 e. The molecule has 0 bridgehead atoms. The van der Waals surface area contributed by atoms with Gasteiger partial charge in [0, 0.05) is 18.5 Å².